The SMILES string of the molecule is CCCCCCC(Cc1cc(OC)ncn1)NCCC. The highest BCUT2D eigenvalue weighted by molar-refractivity contribution is 5.14. The van der Waals surface area contributed by atoms with Crippen LogP contribution >= 0.6 is 0 Å². The number of hydrogen-bond donors (Lipinski definition) is 1. The number of nitrogens with one attached hydrogen (secondary N) is 1. The third-order valence-electron chi connectivity index (χ3n) is 3.45. The molecule has 20 heavy (non-hydrogen) atoms. The fourth-order valence-electron chi connectivity index (χ4n) is 2.29. The molecule has 0 saturated heterocycles. The van der Waals surface area contributed by atoms with Gasteiger partial charge < -0.3 is 10.1 Å². The van der Waals surface area contributed by atoms with Gasteiger partial charge in [-0.2, -0.15) is 0 Å². The molecule has 0 amide bonds. The Morgan fingerprint density at radius 1 is 1.15 bits per heavy atom. The maximum atomic E-state index is 5.16. The Hall–Kier alpha value is -1.16. The van der Waals surface area contributed by atoms with E-state index in [-0.39, 0.29) is 0 Å². The van der Waals surface area contributed by atoms with Gasteiger partial charge in [0.1, 0.15) is 6.33 Å². The van der Waals surface area contributed by atoms with E-state index in [4.69, 9.17) is 4.74 Å². The number of methoxy groups -OCH3 is 1. The highest BCUT2D eigenvalue weighted by atomic mass is 16.5. The van der Waals surface area contributed by atoms with Crippen LogP contribution in [-0.2, 0) is 6.42 Å². The maximum Gasteiger partial charge on any atom is 0.216 e. The van der Waals surface area contributed by atoms with Crippen LogP contribution in [0.25, 0.3) is 0 Å². The quantitative estimate of drug-likeness (QED) is 0.631. The van der Waals surface area contributed by atoms with Crippen molar-refractivity contribution >= 4 is 0 Å². The van der Waals surface area contributed by atoms with Gasteiger partial charge >= 0.3 is 0 Å². The summed E-state index contributed by atoms with van der Waals surface area (Å²) in [7, 11) is 1.64. The van der Waals surface area contributed by atoms with E-state index in [2.05, 4.69) is 29.1 Å². The first-order valence-corrected chi connectivity index (χ1v) is 7.88. The van der Waals surface area contributed by atoms with Crippen molar-refractivity contribution in [3.8, 4) is 5.88 Å². The van der Waals surface area contributed by atoms with Crippen LogP contribution < -0.4 is 10.1 Å². The molecule has 0 radical (unpaired) electrons. The van der Waals surface area contributed by atoms with Crippen molar-refractivity contribution in [3.05, 3.63) is 18.1 Å². The minimum Gasteiger partial charge on any atom is -0.481 e. The van der Waals surface area contributed by atoms with Crippen LogP contribution in [0.5, 0.6) is 5.88 Å². The molecule has 4 heteroatoms. The molecule has 114 valence electrons. The Morgan fingerprint density at radius 3 is 2.70 bits per heavy atom. The van der Waals surface area contributed by atoms with E-state index in [1.54, 1.807) is 13.4 Å². The van der Waals surface area contributed by atoms with E-state index in [9.17, 15) is 0 Å². The van der Waals surface area contributed by atoms with Crippen LogP contribution in [0, 0.1) is 0 Å². The molecule has 0 bridgehead atoms. The van der Waals surface area contributed by atoms with Crippen LogP contribution in [0.3, 0.4) is 0 Å². The number of unbranched alkanes of at least 4 members (excludes halogenated alkanes) is 3. The lowest BCUT2D eigenvalue weighted by atomic mass is 10.0. The topological polar surface area (TPSA) is 47.0 Å². The van der Waals surface area contributed by atoms with Crippen molar-refractivity contribution in [3.63, 3.8) is 0 Å². The third-order valence-corrected chi connectivity index (χ3v) is 3.45. The van der Waals surface area contributed by atoms with Gasteiger partial charge in [-0.25, -0.2) is 9.97 Å². The second-order valence-corrected chi connectivity index (χ2v) is 5.26. The van der Waals surface area contributed by atoms with Crippen LogP contribution in [0.2, 0.25) is 0 Å². The van der Waals surface area contributed by atoms with Gasteiger partial charge in [-0.05, 0) is 19.4 Å². The third kappa shape index (κ3) is 6.85. The molecule has 0 aliphatic carbocycles. The van der Waals surface area contributed by atoms with Gasteiger partial charge in [0.15, 0.2) is 0 Å². The van der Waals surface area contributed by atoms with E-state index in [0.717, 1.165) is 18.7 Å². The number of aromatic nitrogens is 2. The number of rotatable bonds is 11. The molecule has 1 N–H and O–H groups in total. The van der Waals surface area contributed by atoms with Gasteiger partial charge in [-0.15, -0.1) is 0 Å². The molecule has 1 heterocycles. The average molecular weight is 279 g/mol. The smallest absolute Gasteiger partial charge is 0.216 e. The Labute approximate surface area is 123 Å². The summed E-state index contributed by atoms with van der Waals surface area (Å²) in [4.78, 5) is 8.41. The standard InChI is InChI=1S/C16H29N3O/c1-4-6-7-8-9-14(17-10-5-2)11-15-12-16(20-3)19-13-18-15/h12-14,17H,4-11H2,1-3H3. The molecule has 0 aromatic carbocycles. The molecular weight excluding hydrogens is 250 g/mol. The minimum absolute atomic E-state index is 0.506. The highest BCUT2D eigenvalue weighted by Gasteiger charge is 2.10. The van der Waals surface area contributed by atoms with Crippen molar-refractivity contribution < 1.29 is 4.74 Å². The van der Waals surface area contributed by atoms with Crippen LogP contribution in [0.4, 0.5) is 0 Å². The van der Waals surface area contributed by atoms with E-state index in [1.807, 2.05) is 6.07 Å². The number of ether oxygens (including phenoxy) is 1. The van der Waals surface area contributed by atoms with Crippen LogP contribution in [0.1, 0.15) is 58.1 Å². The Bertz CT molecular complexity index is 357. The summed E-state index contributed by atoms with van der Waals surface area (Å²) in [6.07, 6.45) is 10.2. The second kappa shape index (κ2) is 10.6. The van der Waals surface area contributed by atoms with Crippen LogP contribution in [-0.4, -0.2) is 29.7 Å². The molecule has 0 saturated carbocycles. The summed E-state index contributed by atoms with van der Waals surface area (Å²) in [5.41, 5.74) is 1.06. The molecule has 1 atom stereocenters. The molecule has 0 spiro atoms. The predicted octanol–water partition coefficient (Wildman–Crippen LogP) is 3.37. The monoisotopic (exact) mass is 279 g/mol. The Morgan fingerprint density at radius 2 is 2.00 bits per heavy atom. The summed E-state index contributed by atoms with van der Waals surface area (Å²) in [5.74, 6) is 0.648. The fraction of sp³-hybridized carbons (Fsp3) is 0.750. The largest absolute Gasteiger partial charge is 0.481 e. The van der Waals surface area contributed by atoms with Crippen LogP contribution in [0.15, 0.2) is 12.4 Å². The summed E-state index contributed by atoms with van der Waals surface area (Å²) in [6.45, 7) is 5.52. The summed E-state index contributed by atoms with van der Waals surface area (Å²) in [5, 5.41) is 3.63. The second-order valence-electron chi connectivity index (χ2n) is 5.26. The molecule has 4 nitrogen and oxygen atoms in total. The van der Waals surface area contributed by atoms with Gasteiger partial charge in [0.2, 0.25) is 5.88 Å². The molecule has 0 aliphatic rings. The van der Waals surface area contributed by atoms with E-state index in [0.29, 0.717) is 11.9 Å². The first-order valence-electron chi connectivity index (χ1n) is 7.88. The first-order chi connectivity index (χ1) is 9.80. The molecule has 1 aromatic heterocycles. The van der Waals surface area contributed by atoms with Gasteiger partial charge in [0, 0.05) is 24.2 Å². The Balaban J connectivity index is 2.48. The average Bonchev–Trinajstić information content (AvgIpc) is 2.49. The lowest BCUT2D eigenvalue weighted by molar-refractivity contribution is 0.394. The number of nitrogens with zero attached hydrogens (tertiary/aromatic N) is 2. The summed E-state index contributed by atoms with van der Waals surface area (Å²) < 4.78 is 5.16. The van der Waals surface area contributed by atoms with E-state index < -0.39 is 0 Å². The van der Waals surface area contributed by atoms with Gasteiger partial charge in [-0.1, -0.05) is 39.5 Å². The van der Waals surface area contributed by atoms with E-state index >= 15 is 0 Å². The zero-order valence-corrected chi connectivity index (χ0v) is 13.2. The molecule has 1 aromatic rings. The lowest BCUT2D eigenvalue weighted by Crippen LogP contribution is -2.32. The van der Waals surface area contributed by atoms with Crippen molar-refractivity contribution in [2.75, 3.05) is 13.7 Å². The van der Waals surface area contributed by atoms with Crippen molar-refractivity contribution in [1.82, 2.24) is 15.3 Å². The summed E-state index contributed by atoms with van der Waals surface area (Å²) >= 11 is 0. The molecule has 1 rings (SSSR count). The van der Waals surface area contributed by atoms with Crippen molar-refractivity contribution in [2.45, 2.75) is 64.8 Å². The van der Waals surface area contributed by atoms with Gasteiger partial charge in [-0.3, -0.25) is 0 Å². The highest BCUT2D eigenvalue weighted by Crippen LogP contribution is 2.12. The van der Waals surface area contributed by atoms with E-state index in [1.165, 1.54) is 38.5 Å². The minimum atomic E-state index is 0.506. The zero-order chi connectivity index (χ0) is 14.6. The molecule has 0 fully saturated rings. The normalized spacial score (nSPS) is 12.3. The molecule has 0 aliphatic heterocycles. The molecular formula is C16H29N3O. The Kier molecular flexibility index (Phi) is 8.96. The zero-order valence-electron chi connectivity index (χ0n) is 13.2. The first kappa shape index (κ1) is 16.9. The summed E-state index contributed by atoms with van der Waals surface area (Å²) in [6, 6.07) is 2.44. The van der Waals surface area contributed by atoms with Gasteiger partial charge in [0.25, 0.3) is 0 Å². The van der Waals surface area contributed by atoms with Gasteiger partial charge in [0.05, 0.1) is 7.11 Å². The maximum absolute atomic E-state index is 5.16. The predicted molar refractivity (Wildman–Crippen MR) is 83.1 cm³/mol. The van der Waals surface area contributed by atoms with Crippen molar-refractivity contribution in [1.29, 1.82) is 0 Å². The van der Waals surface area contributed by atoms with Crippen molar-refractivity contribution in [2.24, 2.45) is 0 Å². The lowest BCUT2D eigenvalue weighted by Gasteiger charge is -2.18. The molecule has 1 unspecified atom stereocenters. The fourth-order valence-corrected chi connectivity index (χ4v) is 2.29. The number of hydrogen-bond acceptors (Lipinski definition) is 4.